The first-order valence-electron chi connectivity index (χ1n) is 8.39. The van der Waals surface area contributed by atoms with E-state index >= 15 is 0 Å². The van der Waals surface area contributed by atoms with E-state index in [0.717, 1.165) is 10.6 Å². The maximum atomic E-state index is 14.5. The van der Waals surface area contributed by atoms with Crippen LogP contribution >= 0.6 is 0 Å². The maximum absolute atomic E-state index is 14.5. The molecule has 3 aromatic rings. The van der Waals surface area contributed by atoms with Crippen molar-refractivity contribution in [2.24, 2.45) is 0 Å². The number of nitrogens with zero attached hydrogens (tertiary/aromatic N) is 2. The number of hydrogen-bond donors (Lipinski definition) is 1. The van der Waals surface area contributed by atoms with E-state index in [1.54, 1.807) is 60.7 Å². The molecule has 1 aromatic heterocycles. The van der Waals surface area contributed by atoms with Crippen LogP contribution in [0.3, 0.4) is 0 Å². The zero-order valence-corrected chi connectivity index (χ0v) is 14.3. The Morgan fingerprint density at radius 1 is 0.778 bits per heavy atom. The number of aromatic hydroxyl groups is 1. The average Bonchev–Trinajstić information content (AvgIpc) is 2.69. The lowest BCUT2D eigenvalue weighted by atomic mass is 10.1. The minimum absolute atomic E-state index is 0.316. The Kier molecular flexibility index (Phi) is 5.49. The van der Waals surface area contributed by atoms with Crippen LogP contribution in [0, 0.1) is 0 Å². The van der Waals surface area contributed by atoms with Gasteiger partial charge in [0.25, 0.3) is 5.56 Å². The van der Waals surface area contributed by atoms with Crippen molar-refractivity contribution in [3.63, 3.8) is 0 Å². The van der Waals surface area contributed by atoms with Crippen molar-refractivity contribution in [2.45, 2.75) is 25.4 Å². The zero-order chi connectivity index (χ0) is 19.4. The molecule has 2 aromatic carbocycles. The standard InChI is InChI=1S/C20H18F2N2O3/c21-16(14-7-3-1-4-8-14)12-23-18(25)11-19(26)24(20(23)27)13-17(22)15-9-5-2-6-10-15/h1-11,16-17,25H,12-13H2/t16-,17-/m1/s1. The van der Waals surface area contributed by atoms with Gasteiger partial charge in [0.1, 0.15) is 12.3 Å². The number of aromatic nitrogens is 2. The summed E-state index contributed by atoms with van der Waals surface area (Å²) in [6, 6.07) is 17.0. The fourth-order valence-electron chi connectivity index (χ4n) is 2.80. The van der Waals surface area contributed by atoms with Crippen molar-refractivity contribution in [3.05, 3.63) is 98.7 Å². The Hall–Kier alpha value is -3.22. The highest BCUT2D eigenvalue weighted by Gasteiger charge is 2.19. The van der Waals surface area contributed by atoms with Gasteiger partial charge in [-0.1, -0.05) is 60.7 Å². The van der Waals surface area contributed by atoms with Crippen LogP contribution in [0.2, 0.25) is 0 Å². The Bertz CT molecular complexity index is 1020. The smallest absolute Gasteiger partial charge is 0.333 e. The summed E-state index contributed by atoms with van der Waals surface area (Å²) in [5.41, 5.74) is -1.16. The molecule has 0 aliphatic rings. The Balaban J connectivity index is 1.91. The van der Waals surface area contributed by atoms with Crippen LogP contribution in [-0.4, -0.2) is 14.2 Å². The molecule has 0 unspecified atom stereocenters. The number of alkyl halides is 2. The highest BCUT2D eigenvalue weighted by atomic mass is 19.1. The summed E-state index contributed by atoms with van der Waals surface area (Å²) in [6.45, 7) is -1.01. The Morgan fingerprint density at radius 2 is 1.22 bits per heavy atom. The number of halogens is 2. The van der Waals surface area contributed by atoms with E-state index in [1.165, 1.54) is 0 Å². The van der Waals surface area contributed by atoms with Crippen LogP contribution in [0.5, 0.6) is 5.88 Å². The predicted octanol–water partition coefficient (Wildman–Crippen LogP) is 3.14. The molecule has 7 heteroatoms. The van der Waals surface area contributed by atoms with Gasteiger partial charge in [-0.05, 0) is 11.1 Å². The highest BCUT2D eigenvalue weighted by molar-refractivity contribution is 5.19. The summed E-state index contributed by atoms with van der Waals surface area (Å²) in [6.07, 6.45) is -3.17. The van der Waals surface area contributed by atoms with E-state index < -0.39 is 42.6 Å². The second kappa shape index (κ2) is 7.99. The van der Waals surface area contributed by atoms with Crippen molar-refractivity contribution in [1.82, 2.24) is 9.13 Å². The van der Waals surface area contributed by atoms with E-state index in [9.17, 15) is 23.5 Å². The molecule has 0 spiro atoms. The molecular weight excluding hydrogens is 354 g/mol. The van der Waals surface area contributed by atoms with Gasteiger partial charge in [0.15, 0.2) is 0 Å². The minimum Gasteiger partial charge on any atom is -0.494 e. The van der Waals surface area contributed by atoms with Gasteiger partial charge in [-0.2, -0.15) is 0 Å². The van der Waals surface area contributed by atoms with Gasteiger partial charge >= 0.3 is 5.69 Å². The third-order valence-electron chi connectivity index (χ3n) is 4.27. The van der Waals surface area contributed by atoms with Crippen LogP contribution in [0.1, 0.15) is 23.5 Å². The van der Waals surface area contributed by atoms with Crippen LogP contribution in [0.15, 0.2) is 76.3 Å². The molecule has 0 saturated heterocycles. The maximum Gasteiger partial charge on any atom is 0.333 e. The first kappa shape index (κ1) is 18.6. The molecule has 1 N–H and O–H groups in total. The van der Waals surface area contributed by atoms with Gasteiger partial charge < -0.3 is 5.11 Å². The number of rotatable bonds is 6. The van der Waals surface area contributed by atoms with Gasteiger partial charge in [-0.3, -0.25) is 13.9 Å². The van der Waals surface area contributed by atoms with E-state index in [-0.39, 0.29) is 0 Å². The molecule has 0 fully saturated rings. The molecule has 0 radical (unpaired) electrons. The van der Waals surface area contributed by atoms with E-state index in [0.29, 0.717) is 15.7 Å². The Morgan fingerprint density at radius 3 is 1.70 bits per heavy atom. The number of hydrogen-bond acceptors (Lipinski definition) is 3. The molecule has 27 heavy (non-hydrogen) atoms. The lowest BCUT2D eigenvalue weighted by molar-refractivity contribution is 0.261. The summed E-state index contributed by atoms with van der Waals surface area (Å²) in [5, 5.41) is 9.93. The monoisotopic (exact) mass is 372 g/mol. The minimum atomic E-state index is -1.59. The molecular formula is C20H18F2N2O3. The van der Waals surface area contributed by atoms with E-state index in [4.69, 9.17) is 0 Å². The molecule has 0 aliphatic heterocycles. The summed E-state index contributed by atoms with van der Waals surface area (Å²) < 4.78 is 30.4. The topological polar surface area (TPSA) is 64.2 Å². The van der Waals surface area contributed by atoms with Crippen LogP contribution in [0.25, 0.3) is 0 Å². The first-order chi connectivity index (χ1) is 13.0. The van der Waals surface area contributed by atoms with Crippen LogP contribution in [-0.2, 0) is 13.1 Å². The molecule has 0 amide bonds. The van der Waals surface area contributed by atoms with Gasteiger partial charge in [0.2, 0.25) is 5.88 Å². The van der Waals surface area contributed by atoms with E-state index in [2.05, 4.69) is 0 Å². The Labute approximate surface area is 153 Å². The molecule has 0 aliphatic carbocycles. The van der Waals surface area contributed by atoms with Crippen molar-refractivity contribution < 1.29 is 13.9 Å². The van der Waals surface area contributed by atoms with Crippen molar-refractivity contribution in [2.75, 3.05) is 0 Å². The predicted molar refractivity (Wildman–Crippen MR) is 97.2 cm³/mol. The van der Waals surface area contributed by atoms with Crippen LogP contribution < -0.4 is 11.2 Å². The van der Waals surface area contributed by atoms with E-state index in [1.807, 2.05) is 0 Å². The normalized spacial score (nSPS) is 13.3. The fourth-order valence-corrected chi connectivity index (χ4v) is 2.80. The quantitative estimate of drug-likeness (QED) is 0.723. The van der Waals surface area contributed by atoms with Crippen molar-refractivity contribution in [1.29, 1.82) is 0 Å². The summed E-state index contributed by atoms with van der Waals surface area (Å²) in [4.78, 5) is 24.6. The lowest BCUT2D eigenvalue weighted by Crippen LogP contribution is -2.40. The molecule has 5 nitrogen and oxygen atoms in total. The largest absolute Gasteiger partial charge is 0.494 e. The molecule has 0 bridgehead atoms. The second-order valence-electron chi connectivity index (χ2n) is 6.10. The molecule has 1 heterocycles. The summed E-state index contributed by atoms with van der Waals surface area (Å²) in [5.74, 6) is -0.657. The van der Waals surface area contributed by atoms with Crippen molar-refractivity contribution in [3.8, 4) is 5.88 Å². The second-order valence-corrected chi connectivity index (χ2v) is 6.10. The molecule has 2 atom stereocenters. The first-order valence-corrected chi connectivity index (χ1v) is 8.39. The summed E-state index contributed by atoms with van der Waals surface area (Å²) >= 11 is 0. The zero-order valence-electron chi connectivity index (χ0n) is 14.3. The summed E-state index contributed by atoms with van der Waals surface area (Å²) in [7, 11) is 0. The van der Waals surface area contributed by atoms with Crippen LogP contribution in [0.4, 0.5) is 8.78 Å². The molecule has 3 rings (SSSR count). The fraction of sp³-hybridized carbons (Fsp3) is 0.200. The van der Waals surface area contributed by atoms with Crippen molar-refractivity contribution >= 4 is 0 Å². The lowest BCUT2D eigenvalue weighted by Gasteiger charge is -2.16. The number of benzene rings is 2. The highest BCUT2D eigenvalue weighted by Crippen LogP contribution is 2.21. The van der Waals surface area contributed by atoms with Gasteiger partial charge in [0.05, 0.1) is 19.2 Å². The van der Waals surface area contributed by atoms with Gasteiger partial charge in [-0.15, -0.1) is 0 Å². The molecule has 140 valence electrons. The van der Waals surface area contributed by atoms with Gasteiger partial charge in [0, 0.05) is 0 Å². The third kappa shape index (κ3) is 4.13. The van der Waals surface area contributed by atoms with Gasteiger partial charge in [-0.25, -0.2) is 13.6 Å². The molecule has 0 saturated carbocycles. The SMILES string of the molecule is O=c1cc(O)n(C[C@@H](F)c2ccccc2)c(=O)n1C[C@@H](F)c1ccccc1. The third-order valence-corrected chi connectivity index (χ3v) is 4.27. The average molecular weight is 372 g/mol.